The lowest BCUT2D eigenvalue weighted by atomic mass is 10.2. The van der Waals surface area contributed by atoms with E-state index in [-0.39, 0.29) is 0 Å². The molecule has 2 rings (SSSR count). The molecule has 2 heterocycles. The molecule has 0 amide bonds. The quantitative estimate of drug-likeness (QED) is 0.762. The molecule has 0 fully saturated rings. The van der Waals surface area contributed by atoms with Gasteiger partial charge in [0, 0.05) is 35.7 Å². The molecule has 0 aliphatic heterocycles. The van der Waals surface area contributed by atoms with Gasteiger partial charge in [-0.3, -0.25) is 9.67 Å². The predicted molar refractivity (Wildman–Crippen MR) is 54.1 cm³/mol. The maximum Gasteiger partial charge on any atom is 0.0938 e. The zero-order valence-corrected chi connectivity index (χ0v) is 8.69. The van der Waals surface area contributed by atoms with Gasteiger partial charge in [0.1, 0.15) is 0 Å². The van der Waals surface area contributed by atoms with Gasteiger partial charge in [-0.05, 0) is 28.1 Å². The summed E-state index contributed by atoms with van der Waals surface area (Å²) in [6.07, 6.45) is 5.47. The molecule has 0 radical (unpaired) electrons. The Labute approximate surface area is 84.5 Å². The molecule has 66 valence electrons. The van der Waals surface area contributed by atoms with E-state index in [0.717, 1.165) is 15.7 Å². The largest absolute Gasteiger partial charge is 0.275 e. The minimum atomic E-state index is 0.941. The summed E-state index contributed by atoms with van der Waals surface area (Å²) >= 11 is 3.37. The van der Waals surface area contributed by atoms with Crippen molar-refractivity contribution < 1.29 is 0 Å². The van der Waals surface area contributed by atoms with Crippen LogP contribution in [0.1, 0.15) is 0 Å². The normalized spacial score (nSPS) is 10.3. The number of pyridine rings is 1. The third-order valence-electron chi connectivity index (χ3n) is 1.71. The van der Waals surface area contributed by atoms with E-state index in [1.165, 1.54) is 0 Å². The van der Waals surface area contributed by atoms with Gasteiger partial charge in [-0.1, -0.05) is 0 Å². The molecule has 0 saturated heterocycles. The summed E-state index contributed by atoms with van der Waals surface area (Å²) in [5.41, 5.74) is 1.96. The molecular weight excluding hydrogens is 230 g/mol. The van der Waals surface area contributed by atoms with E-state index in [1.54, 1.807) is 17.1 Å². The summed E-state index contributed by atoms with van der Waals surface area (Å²) < 4.78 is 2.74. The van der Waals surface area contributed by atoms with Crippen molar-refractivity contribution >= 4 is 15.9 Å². The molecule has 2 aromatic rings. The van der Waals surface area contributed by atoms with E-state index in [9.17, 15) is 0 Å². The monoisotopic (exact) mass is 237 g/mol. The van der Waals surface area contributed by atoms with Crippen LogP contribution in [0.2, 0.25) is 0 Å². The van der Waals surface area contributed by atoms with E-state index in [4.69, 9.17) is 0 Å². The van der Waals surface area contributed by atoms with Crippen molar-refractivity contribution in [2.75, 3.05) is 0 Å². The predicted octanol–water partition coefficient (Wildman–Crippen LogP) is 2.24. The second kappa shape index (κ2) is 3.30. The van der Waals surface area contributed by atoms with E-state index < -0.39 is 0 Å². The van der Waals surface area contributed by atoms with Crippen LogP contribution in [-0.2, 0) is 7.05 Å². The fourth-order valence-electron chi connectivity index (χ4n) is 1.12. The Kier molecular flexibility index (Phi) is 2.14. The van der Waals surface area contributed by atoms with Gasteiger partial charge in [0.05, 0.1) is 5.69 Å². The molecule has 3 nitrogen and oxygen atoms in total. The Balaban J connectivity index is 2.46. The van der Waals surface area contributed by atoms with Crippen molar-refractivity contribution in [2.24, 2.45) is 7.05 Å². The summed E-state index contributed by atoms with van der Waals surface area (Å²) in [7, 11) is 1.90. The van der Waals surface area contributed by atoms with Crippen LogP contribution in [0.15, 0.2) is 35.2 Å². The number of halogens is 1. The average Bonchev–Trinajstić information content (AvgIpc) is 2.52. The SMILES string of the molecule is Cn1ccc(-c2cncc(Br)c2)n1. The molecule has 13 heavy (non-hydrogen) atoms. The lowest BCUT2D eigenvalue weighted by Gasteiger charge is -1.95. The summed E-state index contributed by atoms with van der Waals surface area (Å²) in [6.45, 7) is 0. The highest BCUT2D eigenvalue weighted by atomic mass is 79.9. The number of hydrogen-bond donors (Lipinski definition) is 0. The molecule has 0 saturated carbocycles. The number of hydrogen-bond acceptors (Lipinski definition) is 2. The molecule has 0 atom stereocenters. The molecule has 4 heteroatoms. The maximum atomic E-state index is 4.28. The Hall–Kier alpha value is -1.16. The first-order chi connectivity index (χ1) is 6.25. The highest BCUT2D eigenvalue weighted by Gasteiger charge is 2.00. The summed E-state index contributed by atoms with van der Waals surface area (Å²) in [5.74, 6) is 0. The minimum Gasteiger partial charge on any atom is -0.275 e. The van der Waals surface area contributed by atoms with Gasteiger partial charge in [-0.2, -0.15) is 5.10 Å². The highest BCUT2D eigenvalue weighted by Crippen LogP contribution is 2.19. The first-order valence-corrected chi connectivity index (χ1v) is 4.65. The van der Waals surface area contributed by atoms with Crippen LogP contribution in [0, 0.1) is 0 Å². The van der Waals surface area contributed by atoms with Crippen LogP contribution < -0.4 is 0 Å². The van der Waals surface area contributed by atoms with E-state index >= 15 is 0 Å². The van der Waals surface area contributed by atoms with Crippen molar-refractivity contribution in [3.05, 3.63) is 35.2 Å². The first-order valence-electron chi connectivity index (χ1n) is 3.86. The van der Waals surface area contributed by atoms with Gasteiger partial charge in [-0.15, -0.1) is 0 Å². The van der Waals surface area contributed by atoms with E-state index in [2.05, 4.69) is 26.0 Å². The number of nitrogens with zero attached hydrogens (tertiary/aromatic N) is 3. The minimum absolute atomic E-state index is 0.941. The summed E-state index contributed by atoms with van der Waals surface area (Å²) in [5, 5.41) is 4.28. The van der Waals surface area contributed by atoms with Crippen molar-refractivity contribution in [1.82, 2.24) is 14.8 Å². The third kappa shape index (κ3) is 1.78. The lowest BCUT2D eigenvalue weighted by Crippen LogP contribution is -1.88. The number of aryl methyl sites for hydroxylation is 1. The second-order valence-corrected chi connectivity index (χ2v) is 3.68. The third-order valence-corrected chi connectivity index (χ3v) is 2.15. The first kappa shape index (κ1) is 8.44. The van der Waals surface area contributed by atoms with E-state index in [0.29, 0.717) is 0 Å². The van der Waals surface area contributed by atoms with Crippen molar-refractivity contribution in [2.45, 2.75) is 0 Å². The van der Waals surface area contributed by atoms with Crippen LogP contribution in [0.4, 0.5) is 0 Å². The Bertz CT molecular complexity index is 422. The molecular formula is C9H8BrN3. The molecule has 0 N–H and O–H groups in total. The zero-order valence-electron chi connectivity index (χ0n) is 7.11. The van der Waals surface area contributed by atoms with Gasteiger partial charge < -0.3 is 0 Å². The Morgan fingerprint density at radius 1 is 1.38 bits per heavy atom. The van der Waals surface area contributed by atoms with Gasteiger partial charge in [0.2, 0.25) is 0 Å². The van der Waals surface area contributed by atoms with Crippen molar-refractivity contribution in [3.8, 4) is 11.3 Å². The fourth-order valence-corrected chi connectivity index (χ4v) is 1.49. The van der Waals surface area contributed by atoms with E-state index in [1.807, 2.05) is 25.4 Å². The zero-order chi connectivity index (χ0) is 9.26. The molecule has 0 aliphatic carbocycles. The number of rotatable bonds is 1. The van der Waals surface area contributed by atoms with Crippen molar-refractivity contribution in [3.63, 3.8) is 0 Å². The van der Waals surface area contributed by atoms with Gasteiger partial charge in [0.25, 0.3) is 0 Å². The fraction of sp³-hybridized carbons (Fsp3) is 0.111. The standard InChI is InChI=1S/C9H8BrN3/c1-13-3-2-9(12-13)7-4-8(10)6-11-5-7/h2-6H,1H3. The van der Waals surface area contributed by atoms with Crippen molar-refractivity contribution in [1.29, 1.82) is 0 Å². The van der Waals surface area contributed by atoms with Gasteiger partial charge in [-0.25, -0.2) is 0 Å². The second-order valence-electron chi connectivity index (χ2n) is 2.77. The van der Waals surface area contributed by atoms with Crippen LogP contribution in [0.5, 0.6) is 0 Å². The van der Waals surface area contributed by atoms with Gasteiger partial charge >= 0.3 is 0 Å². The molecule has 0 bridgehead atoms. The maximum absolute atomic E-state index is 4.28. The van der Waals surface area contributed by atoms with Crippen LogP contribution >= 0.6 is 15.9 Å². The van der Waals surface area contributed by atoms with Crippen LogP contribution in [-0.4, -0.2) is 14.8 Å². The average molecular weight is 238 g/mol. The molecule has 0 aromatic carbocycles. The highest BCUT2D eigenvalue weighted by molar-refractivity contribution is 9.10. The van der Waals surface area contributed by atoms with Crippen LogP contribution in [0.25, 0.3) is 11.3 Å². The lowest BCUT2D eigenvalue weighted by molar-refractivity contribution is 0.771. The van der Waals surface area contributed by atoms with Gasteiger partial charge in [0.15, 0.2) is 0 Å². The summed E-state index contributed by atoms with van der Waals surface area (Å²) in [6, 6.07) is 3.96. The molecule has 2 aromatic heterocycles. The Morgan fingerprint density at radius 3 is 2.85 bits per heavy atom. The molecule has 0 aliphatic rings. The summed E-state index contributed by atoms with van der Waals surface area (Å²) in [4.78, 5) is 4.07. The Morgan fingerprint density at radius 2 is 2.23 bits per heavy atom. The molecule has 0 unspecified atom stereocenters. The molecule has 0 spiro atoms. The topological polar surface area (TPSA) is 30.7 Å². The smallest absolute Gasteiger partial charge is 0.0938 e. The number of aromatic nitrogens is 3. The van der Waals surface area contributed by atoms with Crippen LogP contribution in [0.3, 0.4) is 0 Å².